The topological polar surface area (TPSA) is 124 Å². The number of non-ortho nitro benzene ring substituents is 1. The number of nitro benzene ring substituents is 1. The van der Waals surface area contributed by atoms with Crippen LogP contribution >= 0.6 is 11.8 Å². The Morgan fingerprint density at radius 1 is 1.03 bits per heavy atom. The molecular formula is C25H24N6O4S. The second-order valence-electron chi connectivity index (χ2n) is 7.57. The predicted molar refractivity (Wildman–Crippen MR) is 139 cm³/mol. The summed E-state index contributed by atoms with van der Waals surface area (Å²) in [5.41, 5.74) is 2.24. The number of aromatic nitrogens is 3. The third kappa shape index (κ3) is 6.19. The molecule has 11 heteroatoms. The summed E-state index contributed by atoms with van der Waals surface area (Å²) in [7, 11) is 1.62. The third-order valence-electron chi connectivity index (χ3n) is 5.18. The first-order chi connectivity index (χ1) is 17.5. The number of carbonyl (C=O) groups is 1. The zero-order chi connectivity index (χ0) is 25.3. The number of nitrogens with one attached hydrogen (secondary N) is 2. The Morgan fingerprint density at radius 3 is 2.47 bits per heavy atom. The van der Waals surface area contributed by atoms with E-state index in [0.717, 1.165) is 17.1 Å². The van der Waals surface area contributed by atoms with Crippen LogP contribution < -0.4 is 15.4 Å². The van der Waals surface area contributed by atoms with Crippen molar-refractivity contribution in [2.24, 2.45) is 0 Å². The molecule has 4 aromatic rings. The Hall–Kier alpha value is -4.38. The van der Waals surface area contributed by atoms with Gasteiger partial charge in [-0.05, 0) is 36.4 Å². The van der Waals surface area contributed by atoms with Gasteiger partial charge in [0.25, 0.3) is 5.69 Å². The molecular weight excluding hydrogens is 480 g/mol. The summed E-state index contributed by atoms with van der Waals surface area (Å²) in [6.45, 7) is 0.420. The van der Waals surface area contributed by atoms with E-state index in [9.17, 15) is 14.9 Å². The average molecular weight is 505 g/mol. The van der Waals surface area contributed by atoms with E-state index in [1.165, 1.54) is 36.0 Å². The van der Waals surface area contributed by atoms with E-state index in [4.69, 9.17) is 4.74 Å². The molecule has 2 N–H and O–H groups in total. The fourth-order valence-corrected chi connectivity index (χ4v) is 4.34. The van der Waals surface area contributed by atoms with Crippen molar-refractivity contribution in [1.82, 2.24) is 14.8 Å². The van der Waals surface area contributed by atoms with Gasteiger partial charge in [0.1, 0.15) is 5.75 Å². The van der Waals surface area contributed by atoms with Crippen LogP contribution in [0.25, 0.3) is 5.69 Å². The lowest BCUT2D eigenvalue weighted by Gasteiger charge is -2.13. The number of amides is 1. The lowest BCUT2D eigenvalue weighted by Crippen LogP contribution is -2.12. The minimum atomic E-state index is -0.481. The molecule has 10 nitrogen and oxygen atoms in total. The number of methoxy groups -OCH3 is 1. The zero-order valence-electron chi connectivity index (χ0n) is 19.5. The highest BCUT2D eigenvalue weighted by atomic mass is 32.2. The molecule has 0 unspecified atom stereocenters. The molecule has 0 fully saturated rings. The van der Waals surface area contributed by atoms with Gasteiger partial charge < -0.3 is 15.4 Å². The maximum Gasteiger partial charge on any atom is 0.269 e. The van der Waals surface area contributed by atoms with E-state index in [1.807, 2.05) is 59.2 Å². The molecule has 0 radical (unpaired) electrons. The molecule has 0 bridgehead atoms. The lowest BCUT2D eigenvalue weighted by molar-refractivity contribution is -0.384. The number of ether oxygens (including phenoxy) is 1. The highest BCUT2D eigenvalue weighted by Crippen LogP contribution is 2.26. The molecule has 0 aliphatic rings. The van der Waals surface area contributed by atoms with Gasteiger partial charge in [-0.25, -0.2) is 0 Å². The molecule has 1 aromatic heterocycles. The molecule has 0 atom stereocenters. The number of hydrogen-bond donors (Lipinski definition) is 2. The number of rotatable bonds is 11. The van der Waals surface area contributed by atoms with Gasteiger partial charge in [-0.3, -0.25) is 19.5 Å². The number of carbonyl (C=O) groups excluding carboxylic acids is 1. The largest absolute Gasteiger partial charge is 0.495 e. The molecule has 0 saturated heterocycles. The van der Waals surface area contributed by atoms with E-state index < -0.39 is 4.92 Å². The molecule has 0 spiro atoms. The normalized spacial score (nSPS) is 10.6. The second kappa shape index (κ2) is 11.8. The number of benzene rings is 3. The van der Waals surface area contributed by atoms with Crippen LogP contribution in [0.5, 0.6) is 5.75 Å². The second-order valence-corrected chi connectivity index (χ2v) is 8.64. The van der Waals surface area contributed by atoms with Crippen molar-refractivity contribution in [2.75, 3.05) is 23.5 Å². The third-order valence-corrected chi connectivity index (χ3v) is 6.11. The number of para-hydroxylation sites is 3. The maximum absolute atomic E-state index is 12.4. The molecule has 0 aliphatic heterocycles. The van der Waals surface area contributed by atoms with E-state index in [2.05, 4.69) is 20.8 Å². The van der Waals surface area contributed by atoms with Crippen LogP contribution in [0, 0.1) is 10.1 Å². The van der Waals surface area contributed by atoms with Crippen LogP contribution in [0.3, 0.4) is 0 Å². The van der Waals surface area contributed by atoms with Gasteiger partial charge in [0.15, 0.2) is 11.0 Å². The highest BCUT2D eigenvalue weighted by Gasteiger charge is 2.16. The van der Waals surface area contributed by atoms with Gasteiger partial charge in [0.2, 0.25) is 5.91 Å². The molecule has 184 valence electrons. The Morgan fingerprint density at radius 2 is 1.75 bits per heavy atom. The van der Waals surface area contributed by atoms with Crippen LogP contribution in [0.4, 0.5) is 17.1 Å². The van der Waals surface area contributed by atoms with Crippen LogP contribution in [0.2, 0.25) is 0 Å². The Balaban J connectivity index is 1.41. The number of anilines is 2. The first kappa shape index (κ1) is 24.7. The van der Waals surface area contributed by atoms with E-state index in [1.54, 1.807) is 7.11 Å². The van der Waals surface area contributed by atoms with Gasteiger partial charge in [-0.2, -0.15) is 0 Å². The van der Waals surface area contributed by atoms with Crippen LogP contribution in [0.15, 0.2) is 84.0 Å². The molecule has 0 aliphatic carbocycles. The van der Waals surface area contributed by atoms with Crippen molar-refractivity contribution in [2.45, 2.75) is 18.1 Å². The Kier molecular flexibility index (Phi) is 8.14. The monoisotopic (exact) mass is 504 g/mol. The molecule has 1 amide bonds. The standard InChI is InChI=1S/C25H24N6O4S/c1-35-22-10-6-5-9-21(22)26-17-23-28-29-25(30(23)19-7-3-2-4-8-19)36-16-15-24(32)27-18-11-13-20(14-12-18)31(33)34/h2-14,26H,15-17H2,1H3,(H,27,32). The van der Waals surface area contributed by atoms with Crippen molar-refractivity contribution in [1.29, 1.82) is 0 Å². The predicted octanol–water partition coefficient (Wildman–Crippen LogP) is 4.92. The van der Waals surface area contributed by atoms with E-state index in [-0.39, 0.29) is 18.0 Å². The molecule has 1 heterocycles. The summed E-state index contributed by atoms with van der Waals surface area (Å²) < 4.78 is 7.37. The molecule has 3 aromatic carbocycles. The molecule has 0 saturated carbocycles. The number of thioether (sulfide) groups is 1. The van der Waals surface area contributed by atoms with Gasteiger partial charge in [-0.15, -0.1) is 10.2 Å². The first-order valence-corrected chi connectivity index (χ1v) is 12.1. The van der Waals surface area contributed by atoms with Crippen LogP contribution in [0.1, 0.15) is 12.2 Å². The van der Waals surface area contributed by atoms with Crippen molar-refractivity contribution in [3.05, 3.63) is 94.8 Å². The van der Waals surface area contributed by atoms with Gasteiger partial charge in [0.05, 0.1) is 24.3 Å². The summed E-state index contributed by atoms with van der Waals surface area (Å²) in [5, 5.41) is 26.3. The number of nitrogens with zero attached hydrogens (tertiary/aromatic N) is 4. The summed E-state index contributed by atoms with van der Waals surface area (Å²) >= 11 is 1.42. The first-order valence-electron chi connectivity index (χ1n) is 11.1. The SMILES string of the molecule is COc1ccccc1NCc1nnc(SCCC(=O)Nc2ccc([N+](=O)[O-])cc2)n1-c1ccccc1. The molecule has 36 heavy (non-hydrogen) atoms. The summed E-state index contributed by atoms with van der Waals surface area (Å²) in [4.78, 5) is 22.7. The van der Waals surface area contributed by atoms with Gasteiger partial charge >= 0.3 is 0 Å². The van der Waals surface area contributed by atoms with Crippen molar-refractivity contribution >= 4 is 34.7 Å². The molecule has 4 rings (SSSR count). The van der Waals surface area contributed by atoms with E-state index >= 15 is 0 Å². The number of hydrogen-bond acceptors (Lipinski definition) is 8. The minimum Gasteiger partial charge on any atom is -0.495 e. The van der Waals surface area contributed by atoms with Gasteiger partial charge in [0, 0.05) is 35.7 Å². The lowest BCUT2D eigenvalue weighted by atomic mass is 10.3. The Bertz CT molecular complexity index is 1330. The smallest absolute Gasteiger partial charge is 0.269 e. The average Bonchev–Trinajstić information content (AvgIpc) is 3.31. The minimum absolute atomic E-state index is 0.0280. The van der Waals surface area contributed by atoms with Crippen molar-refractivity contribution in [3.63, 3.8) is 0 Å². The van der Waals surface area contributed by atoms with Crippen LogP contribution in [-0.4, -0.2) is 38.5 Å². The van der Waals surface area contributed by atoms with E-state index in [0.29, 0.717) is 29.0 Å². The summed E-state index contributed by atoms with van der Waals surface area (Å²) in [6, 6.07) is 23.1. The fraction of sp³-hybridized carbons (Fsp3) is 0.160. The highest BCUT2D eigenvalue weighted by molar-refractivity contribution is 7.99. The van der Waals surface area contributed by atoms with Crippen molar-refractivity contribution in [3.8, 4) is 11.4 Å². The fourth-order valence-electron chi connectivity index (χ4n) is 3.43. The summed E-state index contributed by atoms with van der Waals surface area (Å²) in [5.74, 6) is 1.73. The summed E-state index contributed by atoms with van der Waals surface area (Å²) in [6.07, 6.45) is 0.234. The van der Waals surface area contributed by atoms with Gasteiger partial charge in [-0.1, -0.05) is 42.1 Å². The zero-order valence-corrected chi connectivity index (χ0v) is 20.3. The Labute approximate surface area is 211 Å². The van der Waals surface area contributed by atoms with Crippen LogP contribution in [-0.2, 0) is 11.3 Å². The van der Waals surface area contributed by atoms with Crippen molar-refractivity contribution < 1.29 is 14.5 Å². The maximum atomic E-state index is 12.4. The number of nitro groups is 1. The quantitative estimate of drug-likeness (QED) is 0.168.